The summed E-state index contributed by atoms with van der Waals surface area (Å²) in [6, 6.07) is 7.52. The van der Waals surface area contributed by atoms with Gasteiger partial charge in [0.25, 0.3) is 0 Å². The van der Waals surface area contributed by atoms with Crippen molar-refractivity contribution in [2.24, 2.45) is 5.92 Å². The number of anilines is 1. The van der Waals surface area contributed by atoms with Crippen molar-refractivity contribution < 1.29 is 9.59 Å². The van der Waals surface area contributed by atoms with E-state index in [9.17, 15) is 9.59 Å². The molecule has 1 saturated heterocycles. The summed E-state index contributed by atoms with van der Waals surface area (Å²) < 4.78 is 0. The van der Waals surface area contributed by atoms with E-state index in [2.05, 4.69) is 5.92 Å². The molecule has 0 aromatic heterocycles. The second-order valence-electron chi connectivity index (χ2n) is 5.21. The highest BCUT2D eigenvalue weighted by atomic mass is 16.2. The van der Waals surface area contributed by atoms with Gasteiger partial charge in [-0.3, -0.25) is 9.59 Å². The van der Waals surface area contributed by atoms with Gasteiger partial charge in [0.1, 0.15) is 0 Å². The van der Waals surface area contributed by atoms with Gasteiger partial charge in [-0.2, -0.15) is 0 Å². The summed E-state index contributed by atoms with van der Waals surface area (Å²) in [6.07, 6.45) is 6.12. The molecule has 2 rings (SSSR count). The van der Waals surface area contributed by atoms with Crippen molar-refractivity contribution in [3.63, 3.8) is 0 Å². The highest BCUT2D eigenvalue weighted by molar-refractivity contribution is 5.96. The quantitative estimate of drug-likeness (QED) is 0.777. The Labute approximate surface area is 119 Å². The maximum absolute atomic E-state index is 11.9. The molecule has 1 heterocycles. The first kappa shape index (κ1) is 14.1. The van der Waals surface area contributed by atoms with Crippen LogP contribution in [0.25, 0.3) is 0 Å². The van der Waals surface area contributed by atoms with E-state index >= 15 is 0 Å². The summed E-state index contributed by atoms with van der Waals surface area (Å²) in [7, 11) is 3.46. The van der Waals surface area contributed by atoms with Crippen LogP contribution in [0, 0.1) is 18.3 Å². The highest BCUT2D eigenvalue weighted by Gasteiger charge is 2.29. The molecule has 4 heteroatoms. The maximum Gasteiger partial charge on any atom is 0.228 e. The predicted octanol–water partition coefficient (Wildman–Crippen LogP) is 1.30. The monoisotopic (exact) mass is 270 g/mol. The van der Waals surface area contributed by atoms with Gasteiger partial charge in [0, 0.05) is 38.7 Å². The SMILES string of the molecule is C#CC1CC(=O)N(c2cccc(CC(=O)N(C)C)c2)C1. The summed E-state index contributed by atoms with van der Waals surface area (Å²) in [5, 5.41) is 0. The average Bonchev–Trinajstić information content (AvgIpc) is 2.80. The Morgan fingerprint density at radius 3 is 2.85 bits per heavy atom. The molecular weight excluding hydrogens is 252 g/mol. The molecule has 104 valence electrons. The summed E-state index contributed by atoms with van der Waals surface area (Å²) in [4.78, 5) is 26.9. The minimum atomic E-state index is -0.0189. The van der Waals surface area contributed by atoms with E-state index in [-0.39, 0.29) is 17.7 Å². The van der Waals surface area contributed by atoms with Crippen molar-refractivity contribution in [3.8, 4) is 12.3 Å². The fourth-order valence-electron chi connectivity index (χ4n) is 2.24. The van der Waals surface area contributed by atoms with Crippen LogP contribution in [0.5, 0.6) is 0 Å². The lowest BCUT2D eigenvalue weighted by Gasteiger charge is -2.17. The number of hydrogen-bond acceptors (Lipinski definition) is 2. The van der Waals surface area contributed by atoms with Crippen molar-refractivity contribution in [1.29, 1.82) is 0 Å². The van der Waals surface area contributed by atoms with Gasteiger partial charge in [0.2, 0.25) is 11.8 Å². The van der Waals surface area contributed by atoms with Crippen molar-refractivity contribution in [1.82, 2.24) is 4.90 Å². The number of likely N-dealkylation sites (N-methyl/N-ethyl adjacent to an activating group) is 1. The number of carbonyl (C=O) groups is 2. The molecule has 1 unspecified atom stereocenters. The molecule has 1 aliphatic heterocycles. The number of benzene rings is 1. The first-order chi connectivity index (χ1) is 9.51. The predicted molar refractivity (Wildman–Crippen MR) is 78.1 cm³/mol. The molecule has 0 aliphatic carbocycles. The van der Waals surface area contributed by atoms with Gasteiger partial charge in [0.15, 0.2) is 0 Å². The first-order valence-corrected chi connectivity index (χ1v) is 6.57. The third kappa shape index (κ3) is 3.00. The molecular formula is C16H18N2O2. The molecule has 20 heavy (non-hydrogen) atoms. The number of amides is 2. The lowest BCUT2D eigenvalue weighted by atomic mass is 10.1. The summed E-state index contributed by atoms with van der Waals surface area (Å²) in [5.74, 6) is 2.70. The van der Waals surface area contributed by atoms with Crippen LogP contribution in [0.4, 0.5) is 5.69 Å². The van der Waals surface area contributed by atoms with Gasteiger partial charge in [-0.1, -0.05) is 12.1 Å². The molecule has 0 radical (unpaired) electrons. The van der Waals surface area contributed by atoms with Gasteiger partial charge in [-0.25, -0.2) is 0 Å². The van der Waals surface area contributed by atoms with Crippen LogP contribution < -0.4 is 4.90 Å². The van der Waals surface area contributed by atoms with E-state index in [0.717, 1.165) is 11.3 Å². The molecule has 1 aliphatic rings. The topological polar surface area (TPSA) is 40.6 Å². The summed E-state index contributed by atoms with van der Waals surface area (Å²) in [6.45, 7) is 0.556. The Bertz CT molecular complexity index is 572. The van der Waals surface area contributed by atoms with E-state index in [0.29, 0.717) is 19.4 Å². The van der Waals surface area contributed by atoms with Crippen LogP contribution in [0.2, 0.25) is 0 Å². The standard InChI is InChI=1S/C16H18N2O2/c1-4-12-9-16(20)18(11-12)14-7-5-6-13(8-14)10-15(19)17(2)3/h1,5-8,12H,9-11H2,2-3H3. The van der Waals surface area contributed by atoms with E-state index < -0.39 is 0 Å². The smallest absolute Gasteiger partial charge is 0.228 e. The lowest BCUT2D eigenvalue weighted by Crippen LogP contribution is -2.25. The zero-order valence-electron chi connectivity index (χ0n) is 11.8. The van der Waals surface area contributed by atoms with Crippen molar-refractivity contribution in [3.05, 3.63) is 29.8 Å². The van der Waals surface area contributed by atoms with E-state index in [1.54, 1.807) is 23.9 Å². The highest BCUT2D eigenvalue weighted by Crippen LogP contribution is 2.25. The second-order valence-corrected chi connectivity index (χ2v) is 5.21. The minimum absolute atomic E-state index is 0.0189. The average molecular weight is 270 g/mol. The van der Waals surface area contributed by atoms with Crippen LogP contribution in [0.15, 0.2) is 24.3 Å². The van der Waals surface area contributed by atoms with E-state index in [4.69, 9.17) is 6.42 Å². The van der Waals surface area contributed by atoms with Crippen molar-refractivity contribution in [2.75, 3.05) is 25.5 Å². The van der Waals surface area contributed by atoms with Gasteiger partial charge in [-0.05, 0) is 17.7 Å². The van der Waals surface area contributed by atoms with Gasteiger partial charge in [-0.15, -0.1) is 12.3 Å². The van der Waals surface area contributed by atoms with Crippen molar-refractivity contribution in [2.45, 2.75) is 12.8 Å². The van der Waals surface area contributed by atoms with E-state index in [1.807, 2.05) is 24.3 Å². The molecule has 4 nitrogen and oxygen atoms in total. The zero-order chi connectivity index (χ0) is 14.7. The molecule has 1 aromatic rings. The summed E-state index contributed by atoms with van der Waals surface area (Å²) >= 11 is 0. The van der Waals surface area contributed by atoms with Crippen LogP contribution in [0.1, 0.15) is 12.0 Å². The third-order valence-electron chi connectivity index (χ3n) is 3.44. The molecule has 2 amide bonds. The fraction of sp³-hybridized carbons (Fsp3) is 0.375. The minimum Gasteiger partial charge on any atom is -0.349 e. The Morgan fingerprint density at radius 1 is 1.50 bits per heavy atom. The number of terminal acetylenes is 1. The molecule has 0 N–H and O–H groups in total. The Balaban J connectivity index is 2.16. The van der Waals surface area contributed by atoms with Crippen molar-refractivity contribution >= 4 is 17.5 Å². The Hall–Kier alpha value is -2.28. The maximum atomic E-state index is 11.9. The number of hydrogen-bond donors (Lipinski definition) is 0. The van der Waals surface area contributed by atoms with Crippen LogP contribution in [-0.2, 0) is 16.0 Å². The number of rotatable bonds is 3. The second kappa shape index (κ2) is 5.79. The molecule has 1 atom stereocenters. The van der Waals surface area contributed by atoms with Crippen LogP contribution in [-0.4, -0.2) is 37.4 Å². The Morgan fingerprint density at radius 2 is 2.25 bits per heavy atom. The Kier molecular flexibility index (Phi) is 4.09. The van der Waals surface area contributed by atoms with E-state index in [1.165, 1.54) is 0 Å². The summed E-state index contributed by atoms with van der Waals surface area (Å²) in [5.41, 5.74) is 1.72. The molecule has 0 spiro atoms. The molecule has 0 saturated carbocycles. The molecule has 1 fully saturated rings. The molecule has 1 aromatic carbocycles. The normalized spacial score (nSPS) is 17.9. The third-order valence-corrected chi connectivity index (χ3v) is 3.44. The number of carbonyl (C=O) groups excluding carboxylic acids is 2. The van der Waals surface area contributed by atoms with Gasteiger partial charge >= 0.3 is 0 Å². The lowest BCUT2D eigenvalue weighted by molar-refractivity contribution is -0.128. The fourth-order valence-corrected chi connectivity index (χ4v) is 2.24. The van der Waals surface area contributed by atoms with Gasteiger partial charge in [0.05, 0.1) is 6.42 Å². The zero-order valence-corrected chi connectivity index (χ0v) is 11.8. The number of nitrogens with zero attached hydrogens (tertiary/aromatic N) is 2. The van der Waals surface area contributed by atoms with Gasteiger partial charge < -0.3 is 9.80 Å². The van der Waals surface area contributed by atoms with Crippen LogP contribution in [0.3, 0.4) is 0 Å². The van der Waals surface area contributed by atoms with Crippen LogP contribution >= 0.6 is 0 Å². The largest absolute Gasteiger partial charge is 0.349 e. The molecule has 0 bridgehead atoms. The first-order valence-electron chi connectivity index (χ1n) is 6.57.